The minimum atomic E-state index is -3.05. The molecule has 0 aliphatic carbocycles. The summed E-state index contributed by atoms with van der Waals surface area (Å²) in [7, 11) is -3.05. The van der Waals surface area contributed by atoms with Gasteiger partial charge in [0.15, 0.2) is 0 Å². The van der Waals surface area contributed by atoms with E-state index in [2.05, 4.69) is 0 Å². The van der Waals surface area contributed by atoms with Gasteiger partial charge >= 0.3 is 0 Å². The zero-order chi connectivity index (χ0) is 12.1. The zero-order valence-corrected chi connectivity index (χ0v) is 10.6. The first kappa shape index (κ1) is 14.6. The Labute approximate surface area is 92.2 Å². The average molecular weight is 235 g/mol. The number of sulfone groups is 1. The minimum Gasteiger partial charge on any atom is -0.329 e. The van der Waals surface area contributed by atoms with E-state index in [4.69, 9.17) is 5.73 Å². The molecule has 4 nitrogen and oxygen atoms in total. The number of carbonyl (C=O) groups excluding carboxylic acids is 1. The van der Waals surface area contributed by atoms with Crippen molar-refractivity contribution in [3.8, 4) is 0 Å². The van der Waals surface area contributed by atoms with Crippen LogP contribution in [0.25, 0.3) is 0 Å². The van der Waals surface area contributed by atoms with Crippen LogP contribution < -0.4 is 5.73 Å². The standard InChI is InChI=1S/C10H21NO3S/c1-4-10(3,8-11)9(12)6-7-15(13,14)5-2/h4-8,11H2,1-3H3. The van der Waals surface area contributed by atoms with Crippen molar-refractivity contribution in [2.75, 3.05) is 18.1 Å². The first-order chi connectivity index (χ1) is 6.81. The van der Waals surface area contributed by atoms with Gasteiger partial charge in [-0.1, -0.05) is 20.8 Å². The third-order valence-corrected chi connectivity index (χ3v) is 4.69. The molecule has 0 aromatic heterocycles. The van der Waals surface area contributed by atoms with Crippen LogP contribution in [0.1, 0.15) is 33.6 Å². The summed E-state index contributed by atoms with van der Waals surface area (Å²) in [6.07, 6.45) is 0.728. The van der Waals surface area contributed by atoms with Crippen LogP contribution in [0.3, 0.4) is 0 Å². The van der Waals surface area contributed by atoms with E-state index in [9.17, 15) is 13.2 Å². The highest BCUT2D eigenvalue weighted by Crippen LogP contribution is 2.22. The van der Waals surface area contributed by atoms with Crippen molar-refractivity contribution in [3.63, 3.8) is 0 Å². The molecule has 0 aromatic rings. The van der Waals surface area contributed by atoms with Gasteiger partial charge in [0.1, 0.15) is 15.6 Å². The number of Topliss-reactive ketones (excluding diaryl/α,β-unsaturated/α-hetero) is 1. The molecule has 0 aliphatic heterocycles. The van der Waals surface area contributed by atoms with E-state index in [-0.39, 0.29) is 30.3 Å². The fraction of sp³-hybridized carbons (Fsp3) is 0.900. The Balaban J connectivity index is 4.39. The van der Waals surface area contributed by atoms with Gasteiger partial charge in [0, 0.05) is 24.1 Å². The number of hydrogen-bond donors (Lipinski definition) is 1. The number of nitrogens with two attached hydrogens (primary N) is 1. The van der Waals surface area contributed by atoms with Crippen molar-refractivity contribution in [1.29, 1.82) is 0 Å². The van der Waals surface area contributed by atoms with Crippen LogP contribution in [0.4, 0.5) is 0 Å². The van der Waals surface area contributed by atoms with Crippen molar-refractivity contribution in [2.45, 2.75) is 33.6 Å². The van der Waals surface area contributed by atoms with Crippen LogP contribution in [0, 0.1) is 5.41 Å². The SMILES string of the molecule is CCC(C)(CN)C(=O)CCS(=O)(=O)CC. The van der Waals surface area contributed by atoms with Crippen LogP contribution in [-0.2, 0) is 14.6 Å². The molecule has 0 fully saturated rings. The smallest absolute Gasteiger partial charge is 0.150 e. The van der Waals surface area contributed by atoms with Crippen LogP contribution >= 0.6 is 0 Å². The molecule has 0 spiro atoms. The number of rotatable bonds is 7. The van der Waals surface area contributed by atoms with Crippen LogP contribution in [0.15, 0.2) is 0 Å². The van der Waals surface area contributed by atoms with E-state index >= 15 is 0 Å². The fourth-order valence-electron chi connectivity index (χ4n) is 1.15. The van der Waals surface area contributed by atoms with Gasteiger partial charge in [-0.2, -0.15) is 0 Å². The lowest BCUT2D eigenvalue weighted by Gasteiger charge is -2.24. The van der Waals surface area contributed by atoms with E-state index in [0.717, 1.165) is 0 Å². The molecule has 1 atom stereocenters. The van der Waals surface area contributed by atoms with E-state index in [1.54, 1.807) is 13.8 Å². The first-order valence-corrected chi connectivity index (χ1v) is 7.07. The van der Waals surface area contributed by atoms with Crippen molar-refractivity contribution in [3.05, 3.63) is 0 Å². The highest BCUT2D eigenvalue weighted by molar-refractivity contribution is 7.91. The molecule has 0 radical (unpaired) electrons. The maximum absolute atomic E-state index is 11.7. The monoisotopic (exact) mass is 235 g/mol. The second-order valence-electron chi connectivity index (χ2n) is 4.03. The van der Waals surface area contributed by atoms with E-state index in [1.165, 1.54) is 0 Å². The molecular formula is C10H21NO3S. The van der Waals surface area contributed by atoms with E-state index in [1.807, 2.05) is 6.92 Å². The predicted octanol–water partition coefficient (Wildman–Crippen LogP) is 0.755. The molecule has 1 unspecified atom stereocenters. The Morgan fingerprint density at radius 2 is 1.87 bits per heavy atom. The molecule has 2 N–H and O–H groups in total. The Morgan fingerprint density at radius 1 is 1.33 bits per heavy atom. The second-order valence-corrected chi connectivity index (χ2v) is 6.50. The van der Waals surface area contributed by atoms with Gasteiger partial charge in [-0.3, -0.25) is 4.79 Å². The largest absolute Gasteiger partial charge is 0.329 e. The Morgan fingerprint density at radius 3 is 2.20 bits per heavy atom. The van der Waals surface area contributed by atoms with Crippen molar-refractivity contribution in [1.82, 2.24) is 0 Å². The molecule has 90 valence electrons. The Hall–Kier alpha value is -0.420. The maximum Gasteiger partial charge on any atom is 0.150 e. The molecule has 15 heavy (non-hydrogen) atoms. The lowest BCUT2D eigenvalue weighted by Crippen LogP contribution is -2.36. The van der Waals surface area contributed by atoms with Gasteiger partial charge in [-0.15, -0.1) is 0 Å². The summed E-state index contributed by atoms with van der Waals surface area (Å²) in [6, 6.07) is 0. The van der Waals surface area contributed by atoms with Crippen LogP contribution in [0.5, 0.6) is 0 Å². The Kier molecular flexibility index (Phi) is 5.45. The number of hydrogen-bond acceptors (Lipinski definition) is 4. The highest BCUT2D eigenvalue weighted by Gasteiger charge is 2.29. The summed E-state index contributed by atoms with van der Waals surface area (Å²) in [5, 5.41) is 0. The van der Waals surface area contributed by atoms with Gasteiger partial charge in [-0.25, -0.2) is 8.42 Å². The molecule has 0 aliphatic rings. The van der Waals surface area contributed by atoms with E-state index in [0.29, 0.717) is 6.42 Å². The van der Waals surface area contributed by atoms with Crippen LogP contribution in [-0.4, -0.2) is 32.3 Å². The fourth-order valence-corrected chi connectivity index (χ4v) is 1.93. The normalized spacial score (nSPS) is 16.0. The van der Waals surface area contributed by atoms with Crippen LogP contribution in [0.2, 0.25) is 0 Å². The highest BCUT2D eigenvalue weighted by atomic mass is 32.2. The van der Waals surface area contributed by atoms with Gasteiger partial charge in [0.25, 0.3) is 0 Å². The first-order valence-electron chi connectivity index (χ1n) is 5.25. The Bertz CT molecular complexity index is 305. The molecule has 0 saturated heterocycles. The minimum absolute atomic E-state index is 0.0514. The summed E-state index contributed by atoms with van der Waals surface area (Å²) in [5.41, 5.74) is 4.95. The van der Waals surface area contributed by atoms with Crippen molar-refractivity contribution in [2.24, 2.45) is 11.1 Å². The third-order valence-electron chi connectivity index (χ3n) is 2.98. The lowest BCUT2D eigenvalue weighted by molar-refractivity contribution is -0.127. The van der Waals surface area contributed by atoms with Gasteiger partial charge in [0.2, 0.25) is 0 Å². The molecular weight excluding hydrogens is 214 g/mol. The van der Waals surface area contributed by atoms with E-state index < -0.39 is 15.3 Å². The lowest BCUT2D eigenvalue weighted by atomic mass is 9.82. The molecule has 0 bridgehead atoms. The zero-order valence-electron chi connectivity index (χ0n) is 9.75. The molecule has 0 rings (SSSR count). The summed E-state index contributed by atoms with van der Waals surface area (Å²) >= 11 is 0. The molecule has 0 saturated carbocycles. The van der Waals surface area contributed by atoms with Crippen molar-refractivity contribution >= 4 is 15.6 Å². The third kappa shape index (κ3) is 4.30. The number of ketones is 1. The molecule has 0 heterocycles. The summed E-state index contributed by atoms with van der Waals surface area (Å²) in [5.74, 6) is -0.0199. The summed E-state index contributed by atoms with van der Waals surface area (Å²) in [6.45, 7) is 5.53. The summed E-state index contributed by atoms with van der Waals surface area (Å²) < 4.78 is 22.4. The molecule has 0 aromatic carbocycles. The predicted molar refractivity (Wildman–Crippen MR) is 61.4 cm³/mol. The molecule has 5 heteroatoms. The van der Waals surface area contributed by atoms with Gasteiger partial charge in [0.05, 0.1) is 5.75 Å². The van der Waals surface area contributed by atoms with Crippen molar-refractivity contribution < 1.29 is 13.2 Å². The second kappa shape index (κ2) is 5.61. The quantitative estimate of drug-likeness (QED) is 0.706. The number of carbonyl (C=O) groups is 1. The average Bonchev–Trinajstić information content (AvgIpc) is 2.24. The summed E-state index contributed by atoms with van der Waals surface area (Å²) in [4.78, 5) is 11.7. The maximum atomic E-state index is 11.7. The molecule has 0 amide bonds. The van der Waals surface area contributed by atoms with Gasteiger partial charge < -0.3 is 5.73 Å². The topological polar surface area (TPSA) is 77.2 Å². The van der Waals surface area contributed by atoms with Gasteiger partial charge in [-0.05, 0) is 6.42 Å².